The number of carbonyl (C=O) groups excluding carboxylic acids is 1. The smallest absolute Gasteiger partial charge is 0.425 e. The molecule has 7 heteroatoms. The Morgan fingerprint density at radius 3 is 2.16 bits per heavy atom. The number of hydrogen-bond donors (Lipinski definition) is 0. The molecule has 0 aromatic heterocycles. The SMILES string of the molecule is [2H]C1([2H])CN(C(=O)OC([2H])(C)C(F)(F)F)CC([2H])([2H])N1C(C)(C)C. The molecule has 1 fully saturated rings. The highest BCUT2D eigenvalue weighted by molar-refractivity contribution is 5.68. The molecule has 1 unspecified atom stereocenters. The van der Waals surface area contributed by atoms with Crippen molar-refractivity contribution < 1.29 is 29.6 Å². The summed E-state index contributed by atoms with van der Waals surface area (Å²) in [6.07, 6.45) is -10.2. The molecule has 4 nitrogen and oxygen atoms in total. The van der Waals surface area contributed by atoms with Gasteiger partial charge < -0.3 is 9.64 Å². The van der Waals surface area contributed by atoms with Crippen molar-refractivity contribution in [2.45, 2.75) is 45.5 Å². The lowest BCUT2D eigenvalue weighted by molar-refractivity contribution is -0.200. The van der Waals surface area contributed by atoms with Gasteiger partial charge in [-0.05, 0) is 27.7 Å². The van der Waals surface area contributed by atoms with Crippen LogP contribution in [0.3, 0.4) is 0 Å². The van der Waals surface area contributed by atoms with E-state index in [-0.39, 0.29) is 0 Å². The molecule has 1 heterocycles. The largest absolute Gasteiger partial charge is 0.437 e. The quantitative estimate of drug-likeness (QED) is 0.743. The third kappa shape index (κ3) is 4.56. The molecule has 112 valence electrons. The molecule has 1 amide bonds. The van der Waals surface area contributed by atoms with Crippen LogP contribution in [0.5, 0.6) is 0 Å². The minimum Gasteiger partial charge on any atom is -0.437 e. The van der Waals surface area contributed by atoms with Crippen LogP contribution < -0.4 is 0 Å². The number of alkyl halides is 3. The van der Waals surface area contributed by atoms with Gasteiger partial charge in [-0.2, -0.15) is 13.2 Å². The van der Waals surface area contributed by atoms with Crippen LogP contribution in [0.15, 0.2) is 0 Å². The van der Waals surface area contributed by atoms with Gasteiger partial charge in [0.2, 0.25) is 0 Å². The van der Waals surface area contributed by atoms with Gasteiger partial charge in [0.1, 0.15) is 0 Å². The van der Waals surface area contributed by atoms with E-state index < -0.39 is 50.0 Å². The molecule has 0 aromatic carbocycles. The first-order valence-corrected chi connectivity index (χ1v) is 5.66. The highest BCUT2D eigenvalue weighted by Gasteiger charge is 2.40. The fourth-order valence-corrected chi connectivity index (χ4v) is 1.28. The molecule has 0 aromatic rings. The maximum atomic E-state index is 12.6. The number of nitrogens with zero attached hydrogens (tertiary/aromatic N) is 2. The molecule has 1 aliphatic heterocycles. The van der Waals surface area contributed by atoms with Crippen LogP contribution in [0.4, 0.5) is 18.0 Å². The molecule has 0 bridgehead atoms. The molecule has 0 saturated carbocycles. The summed E-state index contributed by atoms with van der Waals surface area (Å²) in [5.41, 5.74) is -0.932. The number of carbonyl (C=O) groups is 1. The maximum Gasteiger partial charge on any atom is 0.425 e. The number of rotatable bonds is 1. The van der Waals surface area contributed by atoms with E-state index in [1.54, 1.807) is 20.8 Å². The van der Waals surface area contributed by atoms with Crippen LogP contribution in [0.2, 0.25) is 0 Å². The highest BCUT2D eigenvalue weighted by Crippen LogP contribution is 2.23. The van der Waals surface area contributed by atoms with E-state index in [9.17, 15) is 18.0 Å². The molecule has 19 heavy (non-hydrogen) atoms. The summed E-state index contributed by atoms with van der Waals surface area (Å²) < 4.78 is 81.2. The van der Waals surface area contributed by atoms with Crippen molar-refractivity contribution in [3.63, 3.8) is 0 Å². The van der Waals surface area contributed by atoms with Gasteiger partial charge in [-0.15, -0.1) is 0 Å². The summed E-state index contributed by atoms with van der Waals surface area (Å²) in [6, 6.07) is 0. The Morgan fingerprint density at radius 2 is 1.79 bits per heavy atom. The standard InChI is InChI=1S/C12H21F3N2O2/c1-9(12(13,14)15)19-10(18)16-5-7-17(8-6-16)11(2,3)4/h9H,5-8H2,1-4H3/i7D2,8D2,9D. The van der Waals surface area contributed by atoms with E-state index in [0.717, 1.165) is 4.90 Å². The lowest BCUT2D eigenvalue weighted by Gasteiger charge is -2.42. The molecule has 0 aliphatic carbocycles. The number of hydrogen-bond acceptors (Lipinski definition) is 3. The van der Waals surface area contributed by atoms with Crippen LogP contribution in [0.25, 0.3) is 0 Å². The molecule has 1 rings (SSSR count). The summed E-state index contributed by atoms with van der Waals surface area (Å²) in [5, 5.41) is 0. The first-order chi connectivity index (χ1) is 10.3. The summed E-state index contributed by atoms with van der Waals surface area (Å²) in [5.74, 6) is 0. The van der Waals surface area contributed by atoms with Crippen LogP contribution in [-0.2, 0) is 4.74 Å². The predicted octanol–water partition coefficient (Wildman–Crippen LogP) is 2.49. The monoisotopic (exact) mass is 287 g/mol. The summed E-state index contributed by atoms with van der Waals surface area (Å²) >= 11 is 0. The van der Waals surface area contributed by atoms with Gasteiger partial charge in [0, 0.05) is 37.1 Å². The van der Waals surface area contributed by atoms with Crippen LogP contribution >= 0.6 is 0 Å². The number of piperazine rings is 1. The molecular weight excluding hydrogens is 261 g/mol. The first-order valence-electron chi connectivity index (χ1n) is 8.16. The lowest BCUT2D eigenvalue weighted by atomic mass is 10.1. The minimum absolute atomic E-state index is 0.347. The zero-order valence-electron chi connectivity index (χ0n) is 16.3. The molecular formula is C12H21F3N2O2. The minimum atomic E-state index is -5.13. The average molecular weight is 287 g/mol. The van der Waals surface area contributed by atoms with Crippen molar-refractivity contribution >= 4 is 6.09 Å². The number of ether oxygens (including phenoxy) is 1. The molecule has 1 atom stereocenters. The zero-order chi connectivity index (χ0) is 19.4. The first kappa shape index (κ1) is 9.85. The Morgan fingerprint density at radius 1 is 1.32 bits per heavy atom. The Balaban J connectivity index is 3.05. The summed E-state index contributed by atoms with van der Waals surface area (Å²) in [4.78, 5) is 13.4. The maximum absolute atomic E-state index is 12.6. The second-order valence-electron chi connectivity index (χ2n) is 5.10. The van der Waals surface area contributed by atoms with Gasteiger partial charge in [-0.25, -0.2) is 4.79 Å². The van der Waals surface area contributed by atoms with Gasteiger partial charge in [-0.1, -0.05) is 0 Å². The molecule has 1 aliphatic rings. The van der Waals surface area contributed by atoms with E-state index in [2.05, 4.69) is 4.74 Å². The van der Waals surface area contributed by atoms with Gasteiger partial charge in [-0.3, -0.25) is 4.90 Å². The Bertz CT molecular complexity index is 488. The average Bonchev–Trinajstić information content (AvgIpc) is 2.19. The van der Waals surface area contributed by atoms with Gasteiger partial charge in [0.25, 0.3) is 0 Å². The fourth-order valence-electron chi connectivity index (χ4n) is 1.28. The van der Waals surface area contributed by atoms with Gasteiger partial charge in [0.05, 0.1) is 1.37 Å². The Hall–Kier alpha value is -0.980. The molecule has 1 saturated heterocycles. The summed E-state index contributed by atoms with van der Waals surface area (Å²) in [6.45, 7) is -0.943. The Kier molecular flexibility index (Phi) is 2.88. The number of amides is 1. The van der Waals surface area contributed by atoms with Gasteiger partial charge >= 0.3 is 12.3 Å². The zero-order valence-corrected chi connectivity index (χ0v) is 11.3. The van der Waals surface area contributed by atoms with Crippen molar-refractivity contribution in [3.8, 4) is 0 Å². The second-order valence-corrected chi connectivity index (χ2v) is 5.10. The molecule has 0 spiro atoms. The van der Waals surface area contributed by atoms with E-state index in [1.165, 1.54) is 0 Å². The number of halogens is 3. The van der Waals surface area contributed by atoms with Crippen LogP contribution in [0.1, 0.15) is 34.5 Å². The fraction of sp³-hybridized carbons (Fsp3) is 0.917. The topological polar surface area (TPSA) is 32.8 Å². The van der Waals surface area contributed by atoms with Crippen molar-refractivity contribution in [2.24, 2.45) is 0 Å². The van der Waals surface area contributed by atoms with Crippen molar-refractivity contribution in [3.05, 3.63) is 0 Å². The van der Waals surface area contributed by atoms with Gasteiger partial charge in [0.15, 0.2) is 6.08 Å². The van der Waals surface area contributed by atoms with E-state index in [1.807, 2.05) is 0 Å². The van der Waals surface area contributed by atoms with E-state index >= 15 is 0 Å². The normalized spacial score (nSPS) is 31.1. The highest BCUT2D eigenvalue weighted by atomic mass is 19.4. The predicted molar refractivity (Wildman–Crippen MR) is 64.9 cm³/mol. The second kappa shape index (κ2) is 5.56. The molecule has 0 radical (unpaired) electrons. The van der Waals surface area contributed by atoms with Crippen molar-refractivity contribution in [2.75, 3.05) is 26.1 Å². The van der Waals surface area contributed by atoms with Crippen molar-refractivity contribution in [1.82, 2.24) is 9.80 Å². The van der Waals surface area contributed by atoms with E-state index in [0.29, 0.717) is 11.8 Å². The van der Waals surface area contributed by atoms with Crippen LogP contribution in [0, 0.1) is 0 Å². The van der Waals surface area contributed by atoms with Crippen LogP contribution in [-0.4, -0.2) is 59.8 Å². The molecule has 0 N–H and O–H groups in total. The summed E-state index contributed by atoms with van der Waals surface area (Å²) in [7, 11) is 0. The van der Waals surface area contributed by atoms with E-state index in [4.69, 9.17) is 6.85 Å². The third-order valence-electron chi connectivity index (χ3n) is 2.41. The third-order valence-corrected chi connectivity index (χ3v) is 2.41. The Labute approximate surface area is 118 Å². The lowest BCUT2D eigenvalue weighted by Crippen LogP contribution is -2.55. The van der Waals surface area contributed by atoms with Crippen molar-refractivity contribution in [1.29, 1.82) is 0 Å².